The van der Waals surface area contributed by atoms with Crippen molar-refractivity contribution >= 4 is 0 Å². The van der Waals surface area contributed by atoms with Crippen molar-refractivity contribution in [1.82, 2.24) is 9.97 Å². The molecule has 21 heavy (non-hydrogen) atoms. The van der Waals surface area contributed by atoms with E-state index >= 15 is 0 Å². The molecule has 3 aromatic rings. The first-order chi connectivity index (χ1) is 9.75. The zero-order chi connectivity index (χ0) is 13.9. The standard InChI is InChI=1S/C17H14N3.Y/c1-13-11-14(16-8-9-18-12-19-16)6-7-15(13)17-5-3-4-10-20(17)2;/h3-5,7,9-12H,1-2H3;/q-1;. The predicted molar refractivity (Wildman–Crippen MR) is 76.5 cm³/mol. The van der Waals surface area contributed by atoms with Crippen molar-refractivity contribution in [2.45, 2.75) is 6.92 Å². The van der Waals surface area contributed by atoms with Gasteiger partial charge in [0.1, 0.15) is 13.4 Å². The van der Waals surface area contributed by atoms with E-state index in [4.69, 9.17) is 0 Å². The van der Waals surface area contributed by atoms with Crippen molar-refractivity contribution < 1.29 is 37.3 Å². The van der Waals surface area contributed by atoms with Crippen LogP contribution >= 0.6 is 0 Å². The van der Waals surface area contributed by atoms with E-state index in [1.807, 2.05) is 31.4 Å². The van der Waals surface area contributed by atoms with E-state index in [-0.39, 0.29) is 32.7 Å². The van der Waals surface area contributed by atoms with E-state index < -0.39 is 0 Å². The van der Waals surface area contributed by atoms with Crippen LogP contribution in [0.1, 0.15) is 5.56 Å². The molecular formula is C17H14N3Y-. The normalized spacial score (nSPS) is 10.0. The molecule has 3 rings (SSSR count). The molecule has 0 aliphatic heterocycles. The molecule has 2 aromatic heterocycles. The van der Waals surface area contributed by atoms with Gasteiger partial charge in [-0.25, -0.2) is 16.7 Å². The SMILES string of the molecule is Cc1cc(-c2[c-]cncn2)[c-]cc1-c1cccc[n+]1C.[Y]. The van der Waals surface area contributed by atoms with E-state index in [1.54, 1.807) is 6.20 Å². The van der Waals surface area contributed by atoms with E-state index in [9.17, 15) is 0 Å². The molecule has 1 radical (unpaired) electrons. The van der Waals surface area contributed by atoms with Gasteiger partial charge in [0.15, 0.2) is 11.9 Å². The molecule has 0 atom stereocenters. The Morgan fingerprint density at radius 2 is 2.05 bits per heavy atom. The first-order valence-corrected chi connectivity index (χ1v) is 6.41. The van der Waals surface area contributed by atoms with Crippen LogP contribution in [0.25, 0.3) is 22.5 Å². The Morgan fingerprint density at radius 1 is 1.19 bits per heavy atom. The van der Waals surface area contributed by atoms with Crippen molar-refractivity contribution in [3.05, 3.63) is 66.7 Å². The fourth-order valence-corrected chi connectivity index (χ4v) is 2.22. The summed E-state index contributed by atoms with van der Waals surface area (Å²) in [6, 6.07) is 16.6. The first-order valence-electron chi connectivity index (χ1n) is 6.41. The fourth-order valence-electron chi connectivity index (χ4n) is 2.22. The monoisotopic (exact) mass is 349 g/mol. The molecule has 1 aromatic carbocycles. The third-order valence-electron chi connectivity index (χ3n) is 3.27. The van der Waals surface area contributed by atoms with Crippen molar-refractivity contribution in [2.24, 2.45) is 7.05 Å². The Kier molecular flexibility index (Phi) is 5.32. The van der Waals surface area contributed by atoms with Crippen molar-refractivity contribution in [3.8, 4) is 22.5 Å². The summed E-state index contributed by atoms with van der Waals surface area (Å²) < 4.78 is 2.10. The van der Waals surface area contributed by atoms with E-state index in [0.29, 0.717) is 0 Å². The van der Waals surface area contributed by atoms with Crippen molar-refractivity contribution in [2.75, 3.05) is 0 Å². The van der Waals surface area contributed by atoms with Gasteiger partial charge < -0.3 is 4.98 Å². The molecule has 4 heteroatoms. The van der Waals surface area contributed by atoms with Gasteiger partial charge in [-0.1, -0.05) is 19.2 Å². The summed E-state index contributed by atoms with van der Waals surface area (Å²) >= 11 is 0. The van der Waals surface area contributed by atoms with Gasteiger partial charge in [-0.15, -0.1) is 5.56 Å². The van der Waals surface area contributed by atoms with Crippen LogP contribution in [-0.2, 0) is 39.8 Å². The van der Waals surface area contributed by atoms with E-state index in [1.165, 1.54) is 23.1 Å². The summed E-state index contributed by atoms with van der Waals surface area (Å²) in [5, 5.41) is 0. The molecule has 0 aliphatic carbocycles. The first kappa shape index (κ1) is 15.9. The average Bonchev–Trinajstić information content (AvgIpc) is 2.49. The molecule has 0 unspecified atom stereocenters. The second-order valence-electron chi connectivity index (χ2n) is 4.66. The summed E-state index contributed by atoms with van der Waals surface area (Å²) in [5.41, 5.74) is 5.23. The van der Waals surface area contributed by atoms with Crippen LogP contribution in [0, 0.1) is 19.1 Å². The van der Waals surface area contributed by atoms with Gasteiger partial charge in [0.2, 0.25) is 0 Å². The van der Waals surface area contributed by atoms with Crippen LogP contribution in [-0.4, -0.2) is 9.97 Å². The Hall–Kier alpha value is -1.45. The zero-order valence-electron chi connectivity index (χ0n) is 12.0. The smallest absolute Gasteiger partial charge is 0.171 e. The van der Waals surface area contributed by atoms with Crippen molar-refractivity contribution in [3.63, 3.8) is 0 Å². The summed E-state index contributed by atoms with van der Waals surface area (Å²) in [4.78, 5) is 8.09. The quantitative estimate of drug-likeness (QED) is 0.526. The summed E-state index contributed by atoms with van der Waals surface area (Å²) in [5.74, 6) is 0. The minimum Gasteiger partial charge on any atom is -0.325 e. The third-order valence-corrected chi connectivity index (χ3v) is 3.27. The molecule has 0 amide bonds. The Labute approximate surface area is 150 Å². The van der Waals surface area contributed by atoms with Crippen LogP contribution in [0.3, 0.4) is 0 Å². The molecule has 0 fully saturated rings. The molecular weight excluding hydrogens is 335 g/mol. The van der Waals surface area contributed by atoms with Gasteiger partial charge in [0, 0.05) is 44.8 Å². The molecule has 3 nitrogen and oxygen atoms in total. The third kappa shape index (κ3) is 3.42. The number of rotatable bonds is 2. The van der Waals surface area contributed by atoms with Gasteiger partial charge in [-0.3, -0.25) is 16.6 Å². The second kappa shape index (κ2) is 7.01. The molecule has 0 saturated heterocycles. The molecule has 0 aliphatic rings. The maximum atomic E-state index is 4.21. The number of hydrogen-bond acceptors (Lipinski definition) is 2. The number of aryl methyl sites for hydroxylation is 2. The van der Waals surface area contributed by atoms with Gasteiger partial charge in [-0.05, 0) is 5.56 Å². The number of nitrogens with zero attached hydrogens (tertiary/aromatic N) is 3. The van der Waals surface area contributed by atoms with Gasteiger partial charge in [-0.2, -0.15) is 11.8 Å². The van der Waals surface area contributed by atoms with E-state index in [0.717, 1.165) is 11.3 Å². The topological polar surface area (TPSA) is 29.7 Å². The molecule has 2 heterocycles. The Balaban J connectivity index is 0.00000161. The largest absolute Gasteiger partial charge is 0.325 e. The minimum atomic E-state index is 0. The van der Waals surface area contributed by atoms with Gasteiger partial charge >= 0.3 is 0 Å². The summed E-state index contributed by atoms with van der Waals surface area (Å²) in [7, 11) is 2.04. The molecule has 0 saturated carbocycles. The predicted octanol–water partition coefficient (Wildman–Crippen LogP) is 2.54. The van der Waals surface area contributed by atoms with Crippen LogP contribution in [0.5, 0.6) is 0 Å². The Bertz CT molecular complexity index is 742. The molecule has 0 bridgehead atoms. The number of hydrogen-bond donors (Lipinski definition) is 0. The molecule has 101 valence electrons. The van der Waals surface area contributed by atoms with E-state index in [2.05, 4.69) is 45.7 Å². The van der Waals surface area contributed by atoms with Crippen LogP contribution in [0.4, 0.5) is 0 Å². The van der Waals surface area contributed by atoms with Crippen molar-refractivity contribution in [1.29, 1.82) is 0 Å². The van der Waals surface area contributed by atoms with Crippen LogP contribution in [0.15, 0.2) is 49.1 Å². The second-order valence-corrected chi connectivity index (χ2v) is 4.66. The maximum absolute atomic E-state index is 4.21. The average molecular weight is 349 g/mol. The number of pyridine rings is 1. The zero-order valence-corrected chi connectivity index (χ0v) is 14.9. The van der Waals surface area contributed by atoms with Crippen LogP contribution < -0.4 is 4.57 Å². The summed E-state index contributed by atoms with van der Waals surface area (Å²) in [6.45, 7) is 2.10. The van der Waals surface area contributed by atoms with Gasteiger partial charge in [0.25, 0.3) is 0 Å². The Morgan fingerprint density at radius 3 is 2.71 bits per heavy atom. The maximum Gasteiger partial charge on any atom is 0.171 e. The number of benzene rings is 1. The minimum absolute atomic E-state index is 0. The molecule has 0 N–H and O–H groups in total. The fraction of sp³-hybridized carbons (Fsp3) is 0.118. The number of aromatic nitrogens is 3. The van der Waals surface area contributed by atoms with Gasteiger partial charge in [0.05, 0.1) is 0 Å². The summed E-state index contributed by atoms with van der Waals surface area (Å²) in [6.07, 6.45) is 5.19. The van der Waals surface area contributed by atoms with Crippen LogP contribution in [0.2, 0.25) is 0 Å². The molecule has 0 spiro atoms.